The summed E-state index contributed by atoms with van der Waals surface area (Å²) < 4.78 is 6.22. The van der Waals surface area contributed by atoms with Crippen LogP contribution >= 0.6 is 33.9 Å². The highest BCUT2D eigenvalue weighted by molar-refractivity contribution is 14.1. The van der Waals surface area contributed by atoms with Gasteiger partial charge in [0.2, 0.25) is 0 Å². The Morgan fingerprint density at radius 1 is 1.62 bits per heavy atom. The summed E-state index contributed by atoms with van der Waals surface area (Å²) in [6.07, 6.45) is 2.06. The lowest BCUT2D eigenvalue weighted by molar-refractivity contribution is 0.216. The summed E-state index contributed by atoms with van der Waals surface area (Å²) in [5.74, 6) is 0. The molecule has 4 heteroatoms. The first-order valence-corrected chi connectivity index (χ1v) is 5.96. The number of ether oxygens (including phenoxy) is 1. The standard InChI is InChI=1S/C9H9IO2S/c10-7-2-4-13-9(7)8(11)6-1-3-12-5-6/h2,4-5,8,11H,1,3H2. The van der Waals surface area contributed by atoms with E-state index >= 15 is 0 Å². The van der Waals surface area contributed by atoms with Crippen LogP contribution in [-0.4, -0.2) is 11.7 Å². The van der Waals surface area contributed by atoms with Gasteiger partial charge in [-0.3, -0.25) is 0 Å². The van der Waals surface area contributed by atoms with Gasteiger partial charge in [-0.15, -0.1) is 11.3 Å². The lowest BCUT2D eigenvalue weighted by Gasteiger charge is -2.08. The van der Waals surface area contributed by atoms with Gasteiger partial charge >= 0.3 is 0 Å². The average molecular weight is 308 g/mol. The zero-order valence-electron chi connectivity index (χ0n) is 6.87. The molecule has 0 saturated heterocycles. The minimum atomic E-state index is -0.464. The van der Waals surface area contributed by atoms with Crippen molar-refractivity contribution in [2.45, 2.75) is 12.5 Å². The van der Waals surface area contributed by atoms with E-state index in [0.29, 0.717) is 6.61 Å². The van der Waals surface area contributed by atoms with E-state index < -0.39 is 6.10 Å². The second-order valence-corrected chi connectivity index (χ2v) is 4.96. The van der Waals surface area contributed by atoms with E-state index in [1.165, 1.54) is 0 Å². The summed E-state index contributed by atoms with van der Waals surface area (Å²) >= 11 is 3.83. The van der Waals surface area contributed by atoms with Gasteiger partial charge in [-0.25, -0.2) is 0 Å². The molecule has 0 bridgehead atoms. The lowest BCUT2D eigenvalue weighted by Crippen LogP contribution is -1.99. The Bertz CT molecular complexity index is 332. The van der Waals surface area contributed by atoms with Crippen molar-refractivity contribution in [3.63, 3.8) is 0 Å². The van der Waals surface area contributed by atoms with E-state index in [0.717, 1.165) is 20.4 Å². The first-order valence-electron chi connectivity index (χ1n) is 4.00. The smallest absolute Gasteiger partial charge is 0.114 e. The molecule has 1 aromatic rings. The van der Waals surface area contributed by atoms with Crippen LogP contribution in [-0.2, 0) is 4.74 Å². The van der Waals surface area contributed by atoms with E-state index in [2.05, 4.69) is 22.6 Å². The third-order valence-electron chi connectivity index (χ3n) is 1.99. The topological polar surface area (TPSA) is 29.5 Å². The van der Waals surface area contributed by atoms with Crippen molar-refractivity contribution in [3.05, 3.63) is 31.7 Å². The normalized spacial score (nSPS) is 18.2. The molecule has 1 N–H and O–H groups in total. The van der Waals surface area contributed by atoms with E-state index in [1.807, 2.05) is 11.4 Å². The number of thiophene rings is 1. The Kier molecular flexibility index (Phi) is 2.90. The highest BCUT2D eigenvalue weighted by Gasteiger charge is 2.20. The maximum atomic E-state index is 9.95. The third-order valence-corrected chi connectivity index (χ3v) is 4.26. The van der Waals surface area contributed by atoms with Crippen molar-refractivity contribution in [2.75, 3.05) is 6.61 Å². The summed E-state index contributed by atoms with van der Waals surface area (Å²) in [7, 11) is 0. The fourth-order valence-corrected chi connectivity index (χ4v) is 3.18. The van der Waals surface area contributed by atoms with Gasteiger partial charge in [0.05, 0.1) is 17.7 Å². The van der Waals surface area contributed by atoms with E-state index in [9.17, 15) is 5.11 Å². The van der Waals surface area contributed by atoms with Gasteiger partial charge in [-0.2, -0.15) is 0 Å². The summed E-state index contributed by atoms with van der Waals surface area (Å²) in [6.45, 7) is 0.703. The minimum Gasteiger partial charge on any atom is -0.501 e. The van der Waals surface area contributed by atoms with Crippen LogP contribution in [0.25, 0.3) is 0 Å². The van der Waals surface area contributed by atoms with Gasteiger partial charge in [0, 0.05) is 15.6 Å². The minimum absolute atomic E-state index is 0.464. The maximum Gasteiger partial charge on any atom is 0.114 e. The number of aliphatic hydroxyl groups excluding tert-OH is 1. The van der Waals surface area contributed by atoms with Crippen molar-refractivity contribution in [1.82, 2.24) is 0 Å². The van der Waals surface area contributed by atoms with Crippen molar-refractivity contribution in [3.8, 4) is 0 Å². The molecule has 0 amide bonds. The quantitative estimate of drug-likeness (QED) is 0.851. The van der Waals surface area contributed by atoms with E-state index in [1.54, 1.807) is 17.6 Å². The van der Waals surface area contributed by atoms with Crippen molar-refractivity contribution in [1.29, 1.82) is 0 Å². The van der Waals surface area contributed by atoms with Crippen LogP contribution in [0, 0.1) is 3.57 Å². The van der Waals surface area contributed by atoms with Crippen LogP contribution in [0.5, 0.6) is 0 Å². The van der Waals surface area contributed by atoms with Crippen LogP contribution in [0.2, 0.25) is 0 Å². The molecule has 1 aromatic heterocycles. The molecule has 2 nitrogen and oxygen atoms in total. The predicted octanol–water partition coefficient (Wildman–Crippen LogP) is 2.69. The Morgan fingerprint density at radius 2 is 2.46 bits per heavy atom. The molecule has 1 aliphatic rings. The molecule has 0 fully saturated rings. The highest BCUT2D eigenvalue weighted by Crippen LogP contribution is 2.33. The second kappa shape index (κ2) is 3.98. The van der Waals surface area contributed by atoms with E-state index in [4.69, 9.17) is 4.74 Å². The average Bonchev–Trinajstić information content (AvgIpc) is 2.72. The Hall–Kier alpha value is -0.0700. The third kappa shape index (κ3) is 1.89. The number of aliphatic hydroxyl groups is 1. The van der Waals surface area contributed by atoms with Gasteiger partial charge in [0.15, 0.2) is 0 Å². The summed E-state index contributed by atoms with van der Waals surface area (Å²) in [5, 5.41) is 11.9. The van der Waals surface area contributed by atoms with Gasteiger partial charge in [-0.1, -0.05) is 0 Å². The predicted molar refractivity (Wildman–Crippen MR) is 60.6 cm³/mol. The fraction of sp³-hybridized carbons (Fsp3) is 0.333. The van der Waals surface area contributed by atoms with Gasteiger partial charge in [-0.05, 0) is 34.0 Å². The van der Waals surface area contributed by atoms with Crippen LogP contribution < -0.4 is 0 Å². The summed E-state index contributed by atoms with van der Waals surface area (Å²) in [4.78, 5) is 1.03. The molecular weight excluding hydrogens is 299 g/mol. The molecule has 1 aliphatic heterocycles. The Morgan fingerprint density at radius 3 is 3.00 bits per heavy atom. The molecule has 2 rings (SSSR count). The van der Waals surface area contributed by atoms with E-state index in [-0.39, 0.29) is 0 Å². The number of hydrogen-bond donors (Lipinski definition) is 1. The van der Waals surface area contributed by atoms with Gasteiger partial charge in [0.1, 0.15) is 6.10 Å². The van der Waals surface area contributed by atoms with Gasteiger partial charge in [0.25, 0.3) is 0 Å². The molecule has 13 heavy (non-hydrogen) atoms. The molecule has 0 saturated carbocycles. The Labute approximate surface area is 94.4 Å². The molecule has 0 radical (unpaired) electrons. The van der Waals surface area contributed by atoms with Crippen LogP contribution in [0.3, 0.4) is 0 Å². The molecule has 1 atom stereocenters. The lowest BCUT2D eigenvalue weighted by atomic mass is 10.1. The molecule has 0 spiro atoms. The molecule has 1 unspecified atom stereocenters. The fourth-order valence-electron chi connectivity index (χ4n) is 1.27. The maximum absolute atomic E-state index is 9.95. The van der Waals surface area contributed by atoms with Crippen molar-refractivity contribution in [2.24, 2.45) is 0 Å². The highest BCUT2D eigenvalue weighted by atomic mass is 127. The number of rotatable bonds is 2. The second-order valence-electron chi connectivity index (χ2n) is 2.85. The van der Waals surface area contributed by atoms with Crippen LogP contribution in [0.1, 0.15) is 17.4 Å². The zero-order chi connectivity index (χ0) is 9.26. The SMILES string of the molecule is OC(C1=COCC1)c1sccc1I. The monoisotopic (exact) mass is 308 g/mol. The molecular formula is C9H9IO2S. The molecule has 0 aromatic carbocycles. The van der Waals surface area contributed by atoms with Gasteiger partial charge < -0.3 is 9.84 Å². The zero-order valence-corrected chi connectivity index (χ0v) is 9.84. The first kappa shape index (κ1) is 9.48. The largest absolute Gasteiger partial charge is 0.501 e. The summed E-state index contributed by atoms with van der Waals surface area (Å²) in [5.41, 5.74) is 0.986. The molecule has 2 heterocycles. The Balaban J connectivity index is 2.21. The number of halogens is 1. The van der Waals surface area contributed by atoms with Crippen molar-refractivity contribution < 1.29 is 9.84 Å². The van der Waals surface area contributed by atoms with Crippen LogP contribution in [0.15, 0.2) is 23.3 Å². The number of hydrogen-bond acceptors (Lipinski definition) is 3. The molecule has 70 valence electrons. The van der Waals surface area contributed by atoms with Crippen LogP contribution in [0.4, 0.5) is 0 Å². The first-order chi connectivity index (χ1) is 6.29. The summed E-state index contributed by atoms with van der Waals surface area (Å²) in [6, 6.07) is 2.01. The van der Waals surface area contributed by atoms with Crippen molar-refractivity contribution >= 4 is 33.9 Å². The molecule has 0 aliphatic carbocycles.